The van der Waals surface area contributed by atoms with Crippen molar-refractivity contribution >= 4 is 6.29 Å². The minimum Gasteiger partial charge on any atom is -0.493 e. The highest BCUT2D eigenvalue weighted by molar-refractivity contribution is 5.76. The highest BCUT2D eigenvalue weighted by Gasteiger charge is 2.05. The first-order valence-corrected chi connectivity index (χ1v) is 5.93. The molecule has 0 spiro atoms. The first kappa shape index (κ1) is 13.6. The summed E-state index contributed by atoms with van der Waals surface area (Å²) < 4.78 is 10.8. The first-order chi connectivity index (χ1) is 8.17. The number of hydrogen-bond donors (Lipinski definition) is 0. The molecular formula is C14H20O3. The highest BCUT2D eigenvalue weighted by Crippen LogP contribution is 2.27. The lowest BCUT2D eigenvalue weighted by Gasteiger charge is -2.11. The summed E-state index contributed by atoms with van der Waals surface area (Å²) in [6, 6.07) is 5.19. The summed E-state index contributed by atoms with van der Waals surface area (Å²) in [6.07, 6.45) is 2.97. The van der Waals surface area contributed by atoms with E-state index in [0.29, 0.717) is 29.6 Å². The van der Waals surface area contributed by atoms with Crippen LogP contribution in [0.3, 0.4) is 0 Å². The summed E-state index contributed by atoms with van der Waals surface area (Å²) in [5.74, 6) is 2.00. The van der Waals surface area contributed by atoms with E-state index in [-0.39, 0.29) is 0 Å². The fraction of sp³-hybridized carbons (Fsp3) is 0.500. The van der Waals surface area contributed by atoms with Crippen LogP contribution in [-0.2, 0) is 0 Å². The number of ether oxygens (including phenoxy) is 2. The number of hydrogen-bond acceptors (Lipinski definition) is 3. The van der Waals surface area contributed by atoms with Crippen LogP contribution in [0.25, 0.3) is 0 Å². The van der Waals surface area contributed by atoms with Crippen molar-refractivity contribution in [2.24, 2.45) is 5.92 Å². The lowest BCUT2D eigenvalue weighted by atomic mass is 10.1. The molecule has 0 aliphatic heterocycles. The van der Waals surface area contributed by atoms with Gasteiger partial charge < -0.3 is 9.47 Å². The Balaban J connectivity index is 2.55. The van der Waals surface area contributed by atoms with E-state index in [1.54, 1.807) is 25.3 Å². The molecule has 0 saturated carbocycles. The molecule has 0 amide bonds. The number of benzene rings is 1. The van der Waals surface area contributed by atoms with Crippen LogP contribution in [0, 0.1) is 5.92 Å². The van der Waals surface area contributed by atoms with Gasteiger partial charge in [0.25, 0.3) is 0 Å². The predicted octanol–water partition coefficient (Wildman–Crippen LogP) is 3.32. The Morgan fingerprint density at radius 3 is 2.65 bits per heavy atom. The average molecular weight is 236 g/mol. The standard InChI is InChI=1S/C14H20O3/c1-11(2)5-4-8-17-13-7-6-12(10-15)9-14(13)16-3/h6-7,9-11H,4-5,8H2,1-3H3. The molecule has 0 heterocycles. The van der Waals surface area contributed by atoms with Gasteiger partial charge in [0.2, 0.25) is 0 Å². The van der Waals surface area contributed by atoms with Crippen LogP contribution in [0.5, 0.6) is 11.5 Å². The summed E-state index contributed by atoms with van der Waals surface area (Å²) in [5, 5.41) is 0. The van der Waals surface area contributed by atoms with Gasteiger partial charge in [-0.3, -0.25) is 4.79 Å². The lowest BCUT2D eigenvalue weighted by Crippen LogP contribution is -2.01. The summed E-state index contributed by atoms with van der Waals surface area (Å²) in [4.78, 5) is 10.6. The van der Waals surface area contributed by atoms with E-state index in [1.807, 2.05) is 0 Å². The second-order valence-corrected chi connectivity index (χ2v) is 4.41. The summed E-state index contributed by atoms with van der Waals surface area (Å²) in [5.41, 5.74) is 0.594. The van der Waals surface area contributed by atoms with Crippen molar-refractivity contribution in [3.8, 4) is 11.5 Å². The van der Waals surface area contributed by atoms with Gasteiger partial charge >= 0.3 is 0 Å². The van der Waals surface area contributed by atoms with E-state index in [0.717, 1.165) is 19.1 Å². The third-order valence-electron chi connectivity index (χ3n) is 2.51. The topological polar surface area (TPSA) is 35.5 Å². The third-order valence-corrected chi connectivity index (χ3v) is 2.51. The molecule has 0 N–H and O–H groups in total. The number of carbonyl (C=O) groups is 1. The van der Waals surface area contributed by atoms with E-state index in [1.165, 1.54) is 0 Å². The molecule has 0 aliphatic rings. The zero-order valence-electron chi connectivity index (χ0n) is 10.7. The van der Waals surface area contributed by atoms with Gasteiger partial charge in [0.05, 0.1) is 13.7 Å². The smallest absolute Gasteiger partial charge is 0.161 e. The van der Waals surface area contributed by atoms with Crippen LogP contribution in [0.4, 0.5) is 0 Å². The van der Waals surface area contributed by atoms with Gasteiger partial charge in [-0.2, -0.15) is 0 Å². The average Bonchev–Trinajstić information content (AvgIpc) is 2.34. The highest BCUT2D eigenvalue weighted by atomic mass is 16.5. The molecule has 0 aliphatic carbocycles. The number of carbonyl (C=O) groups excluding carboxylic acids is 1. The van der Waals surface area contributed by atoms with Crippen molar-refractivity contribution < 1.29 is 14.3 Å². The van der Waals surface area contributed by atoms with E-state index in [9.17, 15) is 4.79 Å². The zero-order chi connectivity index (χ0) is 12.7. The Bertz CT molecular complexity index is 358. The molecule has 0 fully saturated rings. The van der Waals surface area contributed by atoms with E-state index in [4.69, 9.17) is 9.47 Å². The molecule has 1 aromatic carbocycles. The molecule has 0 saturated heterocycles. The van der Waals surface area contributed by atoms with Crippen LogP contribution in [0.2, 0.25) is 0 Å². The lowest BCUT2D eigenvalue weighted by molar-refractivity contribution is 0.112. The third kappa shape index (κ3) is 4.47. The molecule has 0 bridgehead atoms. The van der Waals surface area contributed by atoms with Crippen LogP contribution in [0.1, 0.15) is 37.0 Å². The maximum Gasteiger partial charge on any atom is 0.161 e. The van der Waals surface area contributed by atoms with Gasteiger partial charge in [-0.05, 0) is 37.0 Å². The number of rotatable bonds is 7. The molecule has 0 unspecified atom stereocenters. The van der Waals surface area contributed by atoms with Crippen LogP contribution in [0.15, 0.2) is 18.2 Å². The largest absolute Gasteiger partial charge is 0.493 e. The second-order valence-electron chi connectivity index (χ2n) is 4.41. The molecular weight excluding hydrogens is 216 g/mol. The van der Waals surface area contributed by atoms with Crippen LogP contribution in [-0.4, -0.2) is 20.0 Å². The monoisotopic (exact) mass is 236 g/mol. The quantitative estimate of drug-likeness (QED) is 0.538. The van der Waals surface area contributed by atoms with Gasteiger partial charge in [0.1, 0.15) is 6.29 Å². The SMILES string of the molecule is COc1cc(C=O)ccc1OCCCC(C)C. The van der Waals surface area contributed by atoms with Crippen molar-refractivity contribution in [1.82, 2.24) is 0 Å². The minimum absolute atomic E-state index is 0.594. The van der Waals surface area contributed by atoms with Gasteiger partial charge in [-0.25, -0.2) is 0 Å². The molecule has 0 atom stereocenters. The number of aldehydes is 1. The van der Waals surface area contributed by atoms with E-state index < -0.39 is 0 Å². The Kier molecular flexibility index (Phi) is 5.53. The van der Waals surface area contributed by atoms with Gasteiger partial charge in [-0.1, -0.05) is 13.8 Å². The predicted molar refractivity (Wildman–Crippen MR) is 67.9 cm³/mol. The second kappa shape index (κ2) is 6.94. The Hall–Kier alpha value is -1.51. The molecule has 94 valence electrons. The van der Waals surface area contributed by atoms with Gasteiger partial charge in [-0.15, -0.1) is 0 Å². The van der Waals surface area contributed by atoms with Crippen molar-refractivity contribution in [3.63, 3.8) is 0 Å². The van der Waals surface area contributed by atoms with Crippen molar-refractivity contribution in [3.05, 3.63) is 23.8 Å². The molecule has 0 radical (unpaired) electrons. The minimum atomic E-state index is 0.594. The summed E-state index contributed by atoms with van der Waals surface area (Å²) in [7, 11) is 1.57. The molecule has 17 heavy (non-hydrogen) atoms. The summed E-state index contributed by atoms with van der Waals surface area (Å²) in [6.45, 7) is 5.06. The van der Waals surface area contributed by atoms with E-state index >= 15 is 0 Å². The van der Waals surface area contributed by atoms with Gasteiger partial charge in [0, 0.05) is 5.56 Å². The zero-order valence-corrected chi connectivity index (χ0v) is 10.7. The number of methoxy groups -OCH3 is 1. The normalized spacial score (nSPS) is 10.4. The first-order valence-electron chi connectivity index (χ1n) is 5.93. The molecule has 1 aromatic rings. The maximum atomic E-state index is 10.6. The van der Waals surface area contributed by atoms with Crippen LogP contribution >= 0.6 is 0 Å². The molecule has 3 nitrogen and oxygen atoms in total. The van der Waals surface area contributed by atoms with Crippen molar-refractivity contribution in [1.29, 1.82) is 0 Å². The van der Waals surface area contributed by atoms with Crippen molar-refractivity contribution in [2.75, 3.05) is 13.7 Å². The fourth-order valence-electron chi connectivity index (χ4n) is 1.55. The molecule has 1 rings (SSSR count). The maximum absolute atomic E-state index is 10.6. The Morgan fingerprint density at radius 1 is 1.29 bits per heavy atom. The molecule has 3 heteroatoms. The summed E-state index contributed by atoms with van der Waals surface area (Å²) >= 11 is 0. The fourth-order valence-corrected chi connectivity index (χ4v) is 1.55. The Labute approximate surface area is 103 Å². The Morgan fingerprint density at radius 2 is 2.06 bits per heavy atom. The van der Waals surface area contributed by atoms with Gasteiger partial charge in [0.15, 0.2) is 11.5 Å². The molecule has 0 aromatic heterocycles. The van der Waals surface area contributed by atoms with Crippen molar-refractivity contribution in [2.45, 2.75) is 26.7 Å². The van der Waals surface area contributed by atoms with E-state index in [2.05, 4.69) is 13.8 Å². The van der Waals surface area contributed by atoms with Crippen LogP contribution < -0.4 is 9.47 Å².